The summed E-state index contributed by atoms with van der Waals surface area (Å²) in [5.74, 6) is 0. The molecule has 0 rings (SSSR count). The standard InChI is InChI=1S/C5H9Si.BrH.Zn/c1-5-6(2,3)4;;/h2-4H3;1H;. The van der Waals surface area contributed by atoms with Crippen LogP contribution in [0, 0.1) is 10.1 Å². The molecule has 0 aromatic heterocycles. The van der Waals surface area contributed by atoms with Crippen LogP contribution < -0.4 is 0 Å². The van der Waals surface area contributed by atoms with Crippen molar-refractivity contribution in [3.05, 3.63) is 0 Å². The Morgan fingerprint density at radius 1 is 1.25 bits per heavy atom. The number of rotatable bonds is 0. The van der Waals surface area contributed by atoms with Crippen LogP contribution in [0.15, 0.2) is 0 Å². The van der Waals surface area contributed by atoms with Gasteiger partial charge >= 0.3 is 56.1 Å². The van der Waals surface area contributed by atoms with E-state index in [0.29, 0.717) is 0 Å². The van der Waals surface area contributed by atoms with Gasteiger partial charge in [-0.25, -0.2) is 0 Å². The van der Waals surface area contributed by atoms with E-state index in [4.69, 9.17) is 0 Å². The van der Waals surface area contributed by atoms with Crippen LogP contribution in [0.4, 0.5) is 0 Å². The van der Waals surface area contributed by atoms with Crippen LogP contribution in [0.3, 0.4) is 0 Å². The molecule has 0 unspecified atom stereocenters. The third kappa shape index (κ3) is 9.99. The van der Waals surface area contributed by atoms with E-state index in [9.17, 15) is 0 Å². The minimum atomic E-state index is -0.987. The molecule has 0 aliphatic heterocycles. The van der Waals surface area contributed by atoms with Crippen LogP contribution in [0.2, 0.25) is 19.6 Å². The van der Waals surface area contributed by atoms with Crippen LogP contribution >= 0.6 is 17.0 Å². The van der Waals surface area contributed by atoms with E-state index >= 15 is 0 Å². The molecule has 0 amide bonds. The molecule has 0 bridgehead atoms. The first kappa shape index (κ1) is 11.6. The maximum atomic E-state index is 3.23. The summed E-state index contributed by atoms with van der Waals surface area (Å²) in [4.78, 5) is 0. The molecule has 0 N–H and O–H groups in total. The van der Waals surface area contributed by atoms with Gasteiger partial charge in [0.25, 0.3) is 0 Å². The van der Waals surface area contributed by atoms with Crippen molar-refractivity contribution < 1.29 is 18.3 Å². The molecule has 0 aromatic carbocycles. The van der Waals surface area contributed by atoms with Gasteiger partial charge in [-0.05, 0) is 0 Å². The Labute approximate surface area is 72.9 Å². The van der Waals surface area contributed by atoms with Crippen molar-refractivity contribution >= 4 is 25.1 Å². The summed E-state index contributed by atoms with van der Waals surface area (Å²) < 4.78 is 3.04. The Morgan fingerprint density at radius 2 is 1.62 bits per heavy atom. The Kier molecular flexibility index (Phi) is 6.89. The molecule has 43 valence electrons. The van der Waals surface area contributed by atoms with Gasteiger partial charge in [0.05, 0.1) is 0 Å². The molecule has 0 aliphatic rings. The molecular weight excluding hydrogens is 233 g/mol. The first-order valence-corrected chi connectivity index (χ1v) is 7.34. The van der Waals surface area contributed by atoms with Gasteiger partial charge in [-0.3, -0.25) is 0 Å². The summed E-state index contributed by atoms with van der Waals surface area (Å²) in [6.07, 6.45) is 0. The van der Waals surface area contributed by atoms with Crippen molar-refractivity contribution in [3.8, 4) is 10.1 Å². The fourth-order valence-corrected chi connectivity index (χ4v) is 4.13. The Hall–Kier alpha value is 0.880. The first-order valence-electron chi connectivity index (χ1n) is 2.35. The van der Waals surface area contributed by atoms with Gasteiger partial charge in [-0.15, -0.1) is 17.0 Å². The first-order chi connectivity index (χ1) is 3.06. The number of hydrogen-bond acceptors (Lipinski definition) is 0. The van der Waals surface area contributed by atoms with E-state index in [-0.39, 0.29) is 17.0 Å². The zero-order valence-corrected chi connectivity index (χ0v) is 11.3. The van der Waals surface area contributed by atoms with Gasteiger partial charge in [0.15, 0.2) is 0 Å². The maximum absolute atomic E-state index is 3.23. The fraction of sp³-hybridized carbons (Fsp3) is 0.600. The summed E-state index contributed by atoms with van der Waals surface area (Å²) >= 11 is 1.13. The summed E-state index contributed by atoms with van der Waals surface area (Å²) in [6.45, 7) is 6.78. The van der Waals surface area contributed by atoms with E-state index in [1.54, 1.807) is 0 Å². The molecular formula is C5H10BrSiZn. The van der Waals surface area contributed by atoms with E-state index in [1.165, 1.54) is 0 Å². The van der Waals surface area contributed by atoms with Crippen LogP contribution in [-0.4, -0.2) is 8.07 Å². The summed E-state index contributed by atoms with van der Waals surface area (Å²) in [5.41, 5.74) is 3.23. The average molecular weight is 244 g/mol. The second-order valence-corrected chi connectivity index (χ2v) is 8.04. The molecule has 0 nitrogen and oxygen atoms in total. The second-order valence-electron chi connectivity index (χ2n) is 2.55. The second kappa shape index (κ2) is 4.73. The third-order valence-corrected chi connectivity index (χ3v) is 2.50. The molecule has 0 heterocycles. The van der Waals surface area contributed by atoms with Gasteiger partial charge < -0.3 is 0 Å². The molecule has 0 atom stereocenters. The molecule has 0 spiro atoms. The quantitative estimate of drug-likeness (QED) is 0.451. The average Bonchev–Trinajstić information content (AvgIpc) is 1.30. The van der Waals surface area contributed by atoms with E-state index < -0.39 is 8.07 Å². The Balaban J connectivity index is 0. The normalized spacial score (nSPS) is 8.62. The van der Waals surface area contributed by atoms with Gasteiger partial charge in [0.1, 0.15) is 0 Å². The molecule has 3 heteroatoms. The molecule has 0 fully saturated rings. The van der Waals surface area contributed by atoms with Crippen LogP contribution in [0.1, 0.15) is 0 Å². The van der Waals surface area contributed by atoms with Crippen molar-refractivity contribution in [2.75, 3.05) is 0 Å². The zero-order chi connectivity index (χ0) is 5.91. The third-order valence-electron chi connectivity index (χ3n) is 0.463. The van der Waals surface area contributed by atoms with Crippen molar-refractivity contribution in [3.63, 3.8) is 0 Å². The van der Waals surface area contributed by atoms with Gasteiger partial charge in [0.2, 0.25) is 0 Å². The molecule has 0 aliphatic carbocycles. The molecule has 8 heavy (non-hydrogen) atoms. The SMILES string of the molecule is Br.C[Si](C)(C)C#[C][Zn]. The summed E-state index contributed by atoms with van der Waals surface area (Å²) in [7, 11) is -0.987. The minimum absolute atomic E-state index is 0. The van der Waals surface area contributed by atoms with Crippen molar-refractivity contribution in [2.24, 2.45) is 0 Å². The van der Waals surface area contributed by atoms with E-state index in [1.807, 2.05) is 0 Å². The van der Waals surface area contributed by atoms with Crippen molar-refractivity contribution in [1.29, 1.82) is 0 Å². The van der Waals surface area contributed by atoms with Gasteiger partial charge in [0, 0.05) is 0 Å². The molecule has 0 radical (unpaired) electrons. The summed E-state index contributed by atoms with van der Waals surface area (Å²) in [6, 6.07) is 0. The van der Waals surface area contributed by atoms with Crippen molar-refractivity contribution in [2.45, 2.75) is 19.6 Å². The monoisotopic (exact) mass is 241 g/mol. The Morgan fingerprint density at radius 3 is 1.62 bits per heavy atom. The molecule has 0 aromatic rings. The van der Waals surface area contributed by atoms with Gasteiger partial charge in [-0.1, -0.05) is 0 Å². The predicted octanol–water partition coefficient (Wildman–Crippen LogP) is 1.95. The number of halogens is 1. The molecule has 0 saturated heterocycles. The van der Waals surface area contributed by atoms with Crippen LogP contribution in [-0.2, 0) is 18.3 Å². The van der Waals surface area contributed by atoms with Gasteiger partial charge in [-0.2, -0.15) is 0 Å². The number of hydrogen-bond donors (Lipinski definition) is 0. The topological polar surface area (TPSA) is 0 Å². The van der Waals surface area contributed by atoms with E-state index in [0.717, 1.165) is 18.3 Å². The predicted molar refractivity (Wildman–Crippen MR) is 41.4 cm³/mol. The van der Waals surface area contributed by atoms with Crippen LogP contribution in [0.5, 0.6) is 0 Å². The zero-order valence-electron chi connectivity index (χ0n) is 5.62. The van der Waals surface area contributed by atoms with Crippen molar-refractivity contribution in [1.82, 2.24) is 0 Å². The molecule has 0 saturated carbocycles. The Bertz CT molecular complexity index is 106. The summed E-state index contributed by atoms with van der Waals surface area (Å²) in [5, 5.41) is 0. The fourth-order valence-electron chi connectivity index (χ4n) is 0.265. The van der Waals surface area contributed by atoms with Crippen LogP contribution in [0.25, 0.3) is 0 Å². The van der Waals surface area contributed by atoms with E-state index in [2.05, 4.69) is 29.7 Å².